The maximum absolute atomic E-state index is 11.1. The maximum atomic E-state index is 11.1. The lowest BCUT2D eigenvalue weighted by molar-refractivity contribution is 0.0600. The van der Waals surface area contributed by atoms with E-state index in [1.54, 1.807) is 12.1 Å². The second-order valence-corrected chi connectivity index (χ2v) is 3.48. The van der Waals surface area contributed by atoms with Crippen LogP contribution in [0.3, 0.4) is 0 Å². The van der Waals surface area contributed by atoms with E-state index in [4.69, 9.17) is 7.85 Å². The third-order valence-electron chi connectivity index (χ3n) is 1.70. The zero-order valence-corrected chi connectivity index (χ0v) is 9.01. The number of ether oxygens (including phenoxy) is 1. The number of rotatable bonds is 1. The molecule has 0 aromatic heterocycles. The summed E-state index contributed by atoms with van der Waals surface area (Å²) in [4.78, 5) is 11.1. The molecule has 0 heterocycles. The molecule has 66 valence electrons. The number of carbonyl (C=O) groups excluding carboxylic acids is 1. The molecule has 1 aromatic rings. The van der Waals surface area contributed by atoms with Crippen LogP contribution < -0.4 is 5.46 Å². The lowest BCUT2D eigenvalue weighted by Crippen LogP contribution is -2.11. The smallest absolute Gasteiger partial charge is 0.337 e. The number of esters is 1. The van der Waals surface area contributed by atoms with Gasteiger partial charge in [-0.05, 0) is 18.6 Å². The lowest BCUT2D eigenvalue weighted by atomic mass is 9.92. The summed E-state index contributed by atoms with van der Waals surface area (Å²) in [6.45, 7) is 1.87. The lowest BCUT2D eigenvalue weighted by Gasteiger charge is -2.06. The highest BCUT2D eigenvalue weighted by atomic mass is 79.9. The number of hydrogen-bond acceptors (Lipinski definition) is 2. The van der Waals surface area contributed by atoms with E-state index in [2.05, 4.69) is 20.7 Å². The van der Waals surface area contributed by atoms with Crippen LogP contribution in [0.4, 0.5) is 0 Å². The molecule has 0 saturated heterocycles. The molecule has 1 rings (SSSR count). The van der Waals surface area contributed by atoms with Gasteiger partial charge in [-0.15, -0.1) is 0 Å². The number of carbonyl (C=O) groups is 1. The van der Waals surface area contributed by atoms with E-state index in [9.17, 15) is 4.79 Å². The summed E-state index contributed by atoms with van der Waals surface area (Å²) in [6.07, 6.45) is 0. The van der Waals surface area contributed by atoms with Crippen LogP contribution in [0, 0.1) is 6.92 Å². The van der Waals surface area contributed by atoms with Crippen LogP contribution in [-0.4, -0.2) is 20.9 Å². The van der Waals surface area contributed by atoms with Gasteiger partial charge in [0.2, 0.25) is 0 Å². The summed E-state index contributed by atoms with van der Waals surface area (Å²) in [5.74, 6) is -0.373. The van der Waals surface area contributed by atoms with Crippen LogP contribution >= 0.6 is 15.9 Å². The molecule has 0 bridgehead atoms. The molecule has 0 unspecified atom stereocenters. The highest BCUT2D eigenvalue weighted by molar-refractivity contribution is 9.10. The highest BCUT2D eigenvalue weighted by Crippen LogP contribution is 2.14. The van der Waals surface area contributed by atoms with Gasteiger partial charge in [0.25, 0.3) is 0 Å². The minimum absolute atomic E-state index is 0.373. The number of aryl methyl sites for hydroxylation is 1. The molecular formula is C9H8BBrO2. The largest absolute Gasteiger partial charge is 0.465 e. The molecule has 0 aliphatic heterocycles. The number of halogens is 1. The monoisotopic (exact) mass is 238 g/mol. The minimum Gasteiger partial charge on any atom is -0.465 e. The Kier molecular flexibility index (Phi) is 3.14. The molecule has 0 spiro atoms. The minimum atomic E-state index is -0.373. The van der Waals surface area contributed by atoms with Gasteiger partial charge in [-0.1, -0.05) is 27.5 Å². The van der Waals surface area contributed by atoms with Gasteiger partial charge in [0.1, 0.15) is 7.85 Å². The Bertz CT molecular complexity index is 326. The van der Waals surface area contributed by atoms with Crippen LogP contribution in [0.2, 0.25) is 0 Å². The van der Waals surface area contributed by atoms with Crippen molar-refractivity contribution in [3.05, 3.63) is 27.7 Å². The van der Waals surface area contributed by atoms with Crippen molar-refractivity contribution >= 4 is 35.2 Å². The summed E-state index contributed by atoms with van der Waals surface area (Å²) in [6, 6.07) is 3.31. The Morgan fingerprint density at radius 2 is 2.15 bits per heavy atom. The fraction of sp³-hybridized carbons (Fsp3) is 0.222. The summed E-state index contributed by atoms with van der Waals surface area (Å²) < 4.78 is 5.40. The molecule has 0 atom stereocenters. The Labute approximate surface area is 86.8 Å². The summed E-state index contributed by atoms with van der Waals surface area (Å²) in [5, 5.41) is 0. The SMILES string of the molecule is [B]c1cc(C(=O)OC)cc(C)c1Br. The van der Waals surface area contributed by atoms with Crippen molar-refractivity contribution < 1.29 is 9.53 Å². The predicted molar refractivity (Wildman–Crippen MR) is 55.6 cm³/mol. The van der Waals surface area contributed by atoms with E-state index >= 15 is 0 Å². The predicted octanol–water partition coefficient (Wildman–Crippen LogP) is 1.34. The molecular weight excluding hydrogens is 231 g/mol. The van der Waals surface area contributed by atoms with Crippen LogP contribution in [0.1, 0.15) is 15.9 Å². The van der Waals surface area contributed by atoms with Gasteiger partial charge < -0.3 is 4.74 Å². The van der Waals surface area contributed by atoms with Gasteiger partial charge in [0, 0.05) is 4.47 Å². The van der Waals surface area contributed by atoms with Crippen LogP contribution in [-0.2, 0) is 4.74 Å². The van der Waals surface area contributed by atoms with Gasteiger partial charge in [0.05, 0.1) is 12.7 Å². The first kappa shape index (κ1) is 10.3. The van der Waals surface area contributed by atoms with Crippen molar-refractivity contribution in [3.63, 3.8) is 0 Å². The second kappa shape index (κ2) is 3.96. The molecule has 13 heavy (non-hydrogen) atoms. The Morgan fingerprint density at radius 3 is 2.62 bits per heavy atom. The van der Waals surface area contributed by atoms with Crippen LogP contribution in [0.15, 0.2) is 16.6 Å². The first-order valence-electron chi connectivity index (χ1n) is 3.70. The van der Waals surface area contributed by atoms with Crippen molar-refractivity contribution in [3.8, 4) is 0 Å². The molecule has 0 fully saturated rings. The third-order valence-corrected chi connectivity index (χ3v) is 2.79. The fourth-order valence-electron chi connectivity index (χ4n) is 1.03. The molecule has 0 aliphatic rings. The summed E-state index contributed by atoms with van der Waals surface area (Å²) in [7, 11) is 7.00. The van der Waals surface area contributed by atoms with Crippen molar-refractivity contribution in [2.24, 2.45) is 0 Å². The van der Waals surface area contributed by atoms with Crippen molar-refractivity contribution in [1.82, 2.24) is 0 Å². The summed E-state index contributed by atoms with van der Waals surface area (Å²) >= 11 is 3.31. The quantitative estimate of drug-likeness (QED) is 0.545. The zero-order chi connectivity index (χ0) is 10.0. The molecule has 0 aliphatic carbocycles. The van der Waals surface area contributed by atoms with Gasteiger partial charge in [-0.2, -0.15) is 0 Å². The van der Waals surface area contributed by atoms with E-state index < -0.39 is 0 Å². The van der Waals surface area contributed by atoms with Crippen molar-refractivity contribution in [2.45, 2.75) is 6.92 Å². The molecule has 0 amide bonds. The van der Waals surface area contributed by atoms with Gasteiger partial charge in [-0.25, -0.2) is 4.79 Å². The van der Waals surface area contributed by atoms with E-state index in [-0.39, 0.29) is 5.97 Å². The first-order chi connectivity index (χ1) is 6.06. The van der Waals surface area contributed by atoms with Gasteiger partial charge >= 0.3 is 5.97 Å². The fourth-order valence-corrected chi connectivity index (χ4v) is 1.26. The van der Waals surface area contributed by atoms with Crippen molar-refractivity contribution in [2.75, 3.05) is 7.11 Å². The second-order valence-electron chi connectivity index (χ2n) is 2.69. The number of methoxy groups -OCH3 is 1. The average Bonchev–Trinajstić information content (AvgIpc) is 2.12. The van der Waals surface area contributed by atoms with Crippen LogP contribution in [0.25, 0.3) is 0 Å². The highest BCUT2D eigenvalue weighted by Gasteiger charge is 2.08. The molecule has 1 aromatic carbocycles. The van der Waals surface area contributed by atoms with E-state index in [0.29, 0.717) is 11.0 Å². The van der Waals surface area contributed by atoms with Crippen molar-refractivity contribution in [1.29, 1.82) is 0 Å². The average molecular weight is 239 g/mol. The molecule has 4 heteroatoms. The Balaban J connectivity index is 3.20. The van der Waals surface area contributed by atoms with E-state index in [1.807, 2.05) is 6.92 Å². The normalized spacial score (nSPS) is 9.77. The number of benzene rings is 1. The standard InChI is InChI=1S/C9H8BBrO2/c1-5-3-6(9(12)13-2)4-7(10)8(5)11/h3-4H,1-2H3. The molecule has 2 nitrogen and oxygen atoms in total. The van der Waals surface area contributed by atoms with Crippen LogP contribution in [0.5, 0.6) is 0 Å². The van der Waals surface area contributed by atoms with E-state index in [0.717, 1.165) is 10.0 Å². The summed E-state index contributed by atoms with van der Waals surface area (Å²) in [5.41, 5.74) is 1.93. The number of hydrogen-bond donors (Lipinski definition) is 0. The molecule has 2 radical (unpaired) electrons. The Hall–Kier alpha value is -0.765. The molecule has 0 saturated carbocycles. The Morgan fingerprint density at radius 1 is 1.54 bits per heavy atom. The first-order valence-corrected chi connectivity index (χ1v) is 4.49. The van der Waals surface area contributed by atoms with E-state index in [1.165, 1.54) is 7.11 Å². The van der Waals surface area contributed by atoms with Gasteiger partial charge in [0.15, 0.2) is 0 Å². The third kappa shape index (κ3) is 2.12. The topological polar surface area (TPSA) is 26.3 Å². The zero-order valence-electron chi connectivity index (χ0n) is 7.43. The van der Waals surface area contributed by atoms with Gasteiger partial charge in [-0.3, -0.25) is 0 Å². The molecule has 0 N–H and O–H groups in total. The maximum Gasteiger partial charge on any atom is 0.337 e.